The van der Waals surface area contributed by atoms with Crippen LogP contribution in [0, 0.1) is 6.92 Å². The van der Waals surface area contributed by atoms with Gasteiger partial charge in [0.1, 0.15) is 11.4 Å². The topological polar surface area (TPSA) is 83.6 Å². The second-order valence-corrected chi connectivity index (χ2v) is 6.83. The summed E-state index contributed by atoms with van der Waals surface area (Å²) in [5.74, 6) is 0.913. The summed E-state index contributed by atoms with van der Waals surface area (Å²) in [5, 5.41) is 11.2. The van der Waals surface area contributed by atoms with E-state index in [2.05, 4.69) is 23.8 Å². The van der Waals surface area contributed by atoms with Crippen molar-refractivity contribution >= 4 is 22.8 Å². The molecule has 0 radical (unpaired) electrons. The van der Waals surface area contributed by atoms with Crippen LogP contribution in [0.15, 0.2) is 47.5 Å². The number of ether oxygens (including phenoxy) is 1. The largest absolute Gasteiger partial charge is 0.494 e. The highest BCUT2D eigenvalue weighted by Crippen LogP contribution is 2.29. The third-order valence-corrected chi connectivity index (χ3v) is 5.22. The lowest BCUT2D eigenvalue weighted by molar-refractivity contribution is 0.0692. The molecule has 0 fully saturated rings. The van der Waals surface area contributed by atoms with Gasteiger partial charge >= 0.3 is 0 Å². The van der Waals surface area contributed by atoms with Crippen LogP contribution in [0.4, 0.5) is 5.69 Å². The maximum absolute atomic E-state index is 10.2. The first-order valence-electron chi connectivity index (χ1n) is 9.35. The molecule has 0 unspecified atom stereocenters. The predicted octanol–water partition coefficient (Wildman–Crippen LogP) is 4.83. The van der Waals surface area contributed by atoms with Crippen molar-refractivity contribution in [3.05, 3.63) is 53.6 Å². The zero-order valence-electron chi connectivity index (χ0n) is 16.1. The molecule has 1 heterocycles. The average molecular weight is 365 g/mol. The summed E-state index contributed by atoms with van der Waals surface area (Å²) in [6.45, 7) is 6.68. The van der Waals surface area contributed by atoms with Crippen molar-refractivity contribution in [2.45, 2.75) is 39.2 Å². The zero-order chi connectivity index (χ0) is 19.4. The van der Waals surface area contributed by atoms with Gasteiger partial charge in [0.05, 0.1) is 11.3 Å². The Morgan fingerprint density at radius 2 is 1.85 bits per heavy atom. The first-order chi connectivity index (χ1) is 13.0. The molecule has 0 atom stereocenters. The van der Waals surface area contributed by atoms with Crippen molar-refractivity contribution in [3.8, 4) is 11.6 Å². The molecular weight excluding hydrogens is 338 g/mol. The van der Waals surface area contributed by atoms with Gasteiger partial charge in [0.15, 0.2) is 5.88 Å². The molecule has 3 rings (SSSR count). The van der Waals surface area contributed by atoms with Crippen molar-refractivity contribution < 1.29 is 9.84 Å². The van der Waals surface area contributed by atoms with Crippen LogP contribution in [0.5, 0.6) is 11.6 Å². The Kier molecular flexibility index (Phi) is 5.51. The number of rotatable bonds is 7. The van der Waals surface area contributed by atoms with E-state index in [4.69, 9.17) is 10.5 Å². The maximum atomic E-state index is 10.2. The van der Waals surface area contributed by atoms with E-state index in [0.29, 0.717) is 12.1 Å². The lowest BCUT2D eigenvalue weighted by Gasteiger charge is -2.31. The molecule has 0 spiro atoms. The summed E-state index contributed by atoms with van der Waals surface area (Å²) in [6, 6.07) is 13.5. The van der Waals surface area contributed by atoms with Crippen molar-refractivity contribution in [3.63, 3.8) is 0 Å². The number of hydrogen-bond acceptors (Lipinski definition) is 4. The van der Waals surface area contributed by atoms with Crippen LogP contribution in [0.1, 0.15) is 37.8 Å². The second-order valence-electron chi connectivity index (χ2n) is 6.83. The number of aromatic nitrogens is 1. The summed E-state index contributed by atoms with van der Waals surface area (Å²) in [6.07, 6.45) is 3.41. The number of nitrogens with two attached hydrogens (primary N) is 1. The number of fused-ring (bicyclic) bond motifs is 1. The average Bonchev–Trinajstić information content (AvgIpc) is 3.02. The highest BCUT2D eigenvalue weighted by atomic mass is 16.5. The van der Waals surface area contributed by atoms with Crippen molar-refractivity contribution in [1.82, 2.24) is 4.98 Å². The molecule has 27 heavy (non-hydrogen) atoms. The van der Waals surface area contributed by atoms with Crippen molar-refractivity contribution in [1.29, 1.82) is 0 Å². The molecule has 0 aliphatic heterocycles. The van der Waals surface area contributed by atoms with Gasteiger partial charge in [0.25, 0.3) is 0 Å². The summed E-state index contributed by atoms with van der Waals surface area (Å²) in [7, 11) is 0. The molecule has 1 aromatic heterocycles. The minimum Gasteiger partial charge on any atom is -0.494 e. The molecule has 142 valence electrons. The number of hydrogen-bond donors (Lipinski definition) is 3. The van der Waals surface area contributed by atoms with Gasteiger partial charge in [-0.3, -0.25) is 4.99 Å². The fourth-order valence-electron chi connectivity index (χ4n) is 3.28. The van der Waals surface area contributed by atoms with Gasteiger partial charge in [-0.15, -0.1) is 0 Å². The van der Waals surface area contributed by atoms with Crippen molar-refractivity contribution in [2.24, 2.45) is 10.7 Å². The minimum absolute atomic E-state index is 0.127. The van der Waals surface area contributed by atoms with Gasteiger partial charge in [-0.2, -0.15) is 0 Å². The summed E-state index contributed by atoms with van der Waals surface area (Å²) >= 11 is 0. The smallest absolute Gasteiger partial charge is 0.198 e. The molecular formula is C22H27N3O2. The van der Waals surface area contributed by atoms with E-state index in [9.17, 15) is 5.11 Å². The molecule has 0 amide bonds. The van der Waals surface area contributed by atoms with Crippen molar-refractivity contribution in [2.75, 3.05) is 6.54 Å². The number of nitrogens with one attached hydrogen (secondary N) is 1. The molecule has 3 aromatic rings. The zero-order valence-corrected chi connectivity index (χ0v) is 16.1. The van der Waals surface area contributed by atoms with Gasteiger partial charge in [-0.1, -0.05) is 26.0 Å². The SMILES string of the molecule is CCC(CC)(CN)Oc1ccc(N=Cc2c(O)[nH]c3cccc(C)c23)cc1. The van der Waals surface area contributed by atoms with Crippen LogP contribution >= 0.6 is 0 Å². The van der Waals surface area contributed by atoms with Crippen LogP contribution in [0.2, 0.25) is 0 Å². The van der Waals surface area contributed by atoms with E-state index in [1.807, 2.05) is 49.4 Å². The van der Waals surface area contributed by atoms with Gasteiger partial charge in [0.2, 0.25) is 0 Å². The van der Waals surface area contributed by atoms with E-state index < -0.39 is 0 Å². The number of nitrogens with zero attached hydrogens (tertiary/aromatic N) is 1. The van der Waals surface area contributed by atoms with E-state index in [0.717, 1.165) is 40.7 Å². The first kappa shape index (κ1) is 19.0. The summed E-state index contributed by atoms with van der Waals surface area (Å²) in [4.78, 5) is 7.50. The van der Waals surface area contributed by atoms with E-state index in [1.54, 1.807) is 6.21 Å². The van der Waals surface area contributed by atoms with Crippen LogP contribution in [0.25, 0.3) is 10.9 Å². The Hall–Kier alpha value is -2.79. The molecule has 0 aliphatic rings. The third-order valence-electron chi connectivity index (χ3n) is 5.22. The Balaban J connectivity index is 1.82. The number of benzene rings is 2. The maximum Gasteiger partial charge on any atom is 0.198 e. The predicted molar refractivity (Wildman–Crippen MR) is 111 cm³/mol. The Bertz CT molecular complexity index is 930. The van der Waals surface area contributed by atoms with E-state index >= 15 is 0 Å². The molecule has 0 saturated heterocycles. The molecule has 5 heteroatoms. The standard InChI is InChI=1S/C22H27N3O2/c1-4-22(5-2,14-23)27-17-11-9-16(10-12-17)24-13-18-20-15(3)7-6-8-19(20)25-21(18)26/h6-13,25-26H,4-5,14,23H2,1-3H3. The molecule has 0 bridgehead atoms. The van der Waals surface area contributed by atoms with Gasteiger partial charge in [-0.25, -0.2) is 0 Å². The number of aromatic hydroxyl groups is 1. The highest BCUT2D eigenvalue weighted by molar-refractivity contribution is 6.04. The normalized spacial score (nSPS) is 12.1. The molecule has 0 aliphatic carbocycles. The lowest BCUT2D eigenvalue weighted by Crippen LogP contribution is -2.42. The quantitative estimate of drug-likeness (QED) is 0.524. The third kappa shape index (κ3) is 3.83. The molecule has 4 N–H and O–H groups in total. The summed E-state index contributed by atoms with van der Waals surface area (Å²) < 4.78 is 6.13. The Morgan fingerprint density at radius 1 is 1.15 bits per heavy atom. The first-order valence-corrected chi connectivity index (χ1v) is 9.35. The number of aromatic amines is 1. The molecule has 0 saturated carbocycles. The van der Waals surface area contributed by atoms with Gasteiger partial charge in [0, 0.05) is 23.7 Å². The summed E-state index contributed by atoms with van der Waals surface area (Å²) in [5.41, 5.74) is 9.06. The Morgan fingerprint density at radius 3 is 2.48 bits per heavy atom. The second kappa shape index (κ2) is 7.84. The molecule has 5 nitrogen and oxygen atoms in total. The van der Waals surface area contributed by atoms with Crippen LogP contribution in [0.3, 0.4) is 0 Å². The number of aryl methyl sites for hydroxylation is 1. The van der Waals surface area contributed by atoms with E-state index in [-0.39, 0.29) is 11.5 Å². The molecule has 2 aromatic carbocycles. The monoisotopic (exact) mass is 365 g/mol. The minimum atomic E-state index is -0.321. The van der Waals surface area contributed by atoms with Crippen LogP contribution < -0.4 is 10.5 Å². The number of H-pyrrole nitrogens is 1. The highest BCUT2D eigenvalue weighted by Gasteiger charge is 2.26. The van der Waals surface area contributed by atoms with E-state index in [1.165, 1.54) is 0 Å². The van der Waals surface area contributed by atoms with Gasteiger partial charge < -0.3 is 20.6 Å². The van der Waals surface area contributed by atoms with Gasteiger partial charge in [-0.05, 0) is 55.7 Å². The van der Waals surface area contributed by atoms with Crippen LogP contribution in [-0.4, -0.2) is 28.5 Å². The fourth-order valence-corrected chi connectivity index (χ4v) is 3.28. The Labute approximate surface area is 159 Å². The van der Waals surface area contributed by atoms with Crippen LogP contribution in [-0.2, 0) is 0 Å². The lowest BCUT2D eigenvalue weighted by atomic mass is 9.97. The number of aliphatic imine (C=N–C) groups is 1. The fraction of sp³-hybridized carbons (Fsp3) is 0.318.